The lowest BCUT2D eigenvalue weighted by molar-refractivity contribution is -0.168. The highest BCUT2D eigenvalue weighted by Crippen LogP contribution is 2.32. The molecule has 1 aliphatic rings. The summed E-state index contributed by atoms with van der Waals surface area (Å²) < 4.78 is 16.1. The quantitative estimate of drug-likeness (QED) is 0.800. The fourth-order valence-corrected chi connectivity index (χ4v) is 2.39. The predicted molar refractivity (Wildman–Crippen MR) is 71.0 cm³/mol. The molecule has 1 heterocycles. The summed E-state index contributed by atoms with van der Waals surface area (Å²) in [7, 11) is 1.34. The van der Waals surface area contributed by atoms with Gasteiger partial charge in [0.05, 0.1) is 7.11 Å². The smallest absolute Gasteiger partial charge is 0.337 e. The first-order chi connectivity index (χ1) is 8.93. The molecule has 0 aromatic heterocycles. The number of esters is 1. The normalized spacial score (nSPS) is 25.3. The van der Waals surface area contributed by atoms with Gasteiger partial charge in [0.1, 0.15) is 6.10 Å². The van der Waals surface area contributed by atoms with Gasteiger partial charge in [-0.1, -0.05) is 29.8 Å². The van der Waals surface area contributed by atoms with E-state index in [0.29, 0.717) is 11.4 Å². The Morgan fingerprint density at radius 2 is 2.05 bits per heavy atom. The van der Waals surface area contributed by atoms with E-state index in [4.69, 9.17) is 25.8 Å². The molecule has 1 aromatic carbocycles. The Morgan fingerprint density at radius 1 is 1.37 bits per heavy atom. The summed E-state index contributed by atoms with van der Waals surface area (Å²) in [5.41, 5.74) is 0.921. The van der Waals surface area contributed by atoms with Gasteiger partial charge in [-0.2, -0.15) is 0 Å². The number of ether oxygens (including phenoxy) is 3. The summed E-state index contributed by atoms with van der Waals surface area (Å²) in [6.07, 6.45) is -0.623. The molecule has 2 rings (SSSR count). The molecule has 0 radical (unpaired) electrons. The Labute approximate surface area is 117 Å². The van der Waals surface area contributed by atoms with E-state index in [-0.39, 0.29) is 0 Å². The zero-order valence-electron chi connectivity index (χ0n) is 11.2. The molecule has 1 aromatic rings. The van der Waals surface area contributed by atoms with Gasteiger partial charge in [-0.3, -0.25) is 0 Å². The van der Waals surface area contributed by atoms with Crippen LogP contribution in [-0.4, -0.2) is 31.1 Å². The molecule has 19 heavy (non-hydrogen) atoms. The maximum Gasteiger partial charge on any atom is 0.337 e. The molecule has 0 amide bonds. The van der Waals surface area contributed by atoms with Crippen molar-refractivity contribution in [2.45, 2.75) is 38.3 Å². The number of hydrogen-bond donors (Lipinski definition) is 0. The van der Waals surface area contributed by atoms with E-state index in [2.05, 4.69) is 0 Å². The van der Waals surface area contributed by atoms with Gasteiger partial charge < -0.3 is 14.2 Å². The van der Waals surface area contributed by atoms with Crippen LogP contribution in [0.1, 0.15) is 19.4 Å². The van der Waals surface area contributed by atoms with Crippen molar-refractivity contribution >= 4 is 17.6 Å². The number of carbonyl (C=O) groups excluding carboxylic acids is 1. The summed E-state index contributed by atoms with van der Waals surface area (Å²) in [5, 5.41) is 0.652. The van der Waals surface area contributed by atoms with Crippen molar-refractivity contribution < 1.29 is 19.0 Å². The lowest BCUT2D eigenvalue weighted by atomic mass is 10.0. The Balaban J connectivity index is 2.18. The van der Waals surface area contributed by atoms with Gasteiger partial charge in [0.25, 0.3) is 0 Å². The van der Waals surface area contributed by atoms with Crippen LogP contribution in [0.4, 0.5) is 0 Å². The van der Waals surface area contributed by atoms with E-state index in [9.17, 15) is 4.79 Å². The van der Waals surface area contributed by atoms with Gasteiger partial charge in [-0.05, 0) is 25.5 Å². The lowest BCUT2D eigenvalue weighted by Crippen LogP contribution is -2.34. The first kappa shape index (κ1) is 14.3. The molecular formula is C14H17ClO4. The summed E-state index contributed by atoms with van der Waals surface area (Å²) in [4.78, 5) is 11.7. The van der Waals surface area contributed by atoms with Crippen molar-refractivity contribution in [3.05, 3.63) is 34.9 Å². The van der Waals surface area contributed by atoms with E-state index < -0.39 is 24.0 Å². The molecule has 4 nitrogen and oxygen atoms in total. The second kappa shape index (κ2) is 5.49. The van der Waals surface area contributed by atoms with Gasteiger partial charge in [0, 0.05) is 11.4 Å². The van der Waals surface area contributed by atoms with Crippen molar-refractivity contribution in [3.63, 3.8) is 0 Å². The van der Waals surface area contributed by atoms with Gasteiger partial charge in [0.15, 0.2) is 11.9 Å². The summed E-state index contributed by atoms with van der Waals surface area (Å²) in [6, 6.07) is 7.48. The average Bonchev–Trinajstić information content (AvgIpc) is 2.66. The number of methoxy groups -OCH3 is 1. The lowest BCUT2D eigenvalue weighted by Gasteiger charge is -2.17. The van der Waals surface area contributed by atoms with Crippen LogP contribution in [0.3, 0.4) is 0 Å². The van der Waals surface area contributed by atoms with E-state index in [0.717, 1.165) is 5.56 Å². The maximum atomic E-state index is 11.7. The monoisotopic (exact) mass is 284 g/mol. The molecule has 0 N–H and O–H groups in total. The molecule has 0 unspecified atom stereocenters. The first-order valence-electron chi connectivity index (χ1n) is 6.10. The Kier molecular flexibility index (Phi) is 4.13. The largest absolute Gasteiger partial charge is 0.467 e. The van der Waals surface area contributed by atoms with Gasteiger partial charge >= 0.3 is 5.97 Å². The van der Waals surface area contributed by atoms with Crippen molar-refractivity contribution in [3.8, 4) is 0 Å². The van der Waals surface area contributed by atoms with E-state index in [1.165, 1.54) is 7.11 Å². The second-order valence-electron chi connectivity index (χ2n) is 4.91. The SMILES string of the molecule is COC(=O)[C@H]1OC(C)(C)O[C@@H]1Cc1ccccc1Cl. The fraction of sp³-hybridized carbons (Fsp3) is 0.500. The van der Waals surface area contributed by atoms with Crippen molar-refractivity contribution in [1.29, 1.82) is 0 Å². The number of halogens is 1. The molecule has 0 bridgehead atoms. The minimum Gasteiger partial charge on any atom is -0.467 e. The van der Waals surface area contributed by atoms with E-state index in [1.807, 2.05) is 24.3 Å². The number of rotatable bonds is 3. The number of carbonyl (C=O) groups is 1. The third-order valence-electron chi connectivity index (χ3n) is 3.00. The third kappa shape index (κ3) is 3.26. The van der Waals surface area contributed by atoms with Crippen LogP contribution >= 0.6 is 11.6 Å². The van der Waals surface area contributed by atoms with E-state index in [1.54, 1.807) is 13.8 Å². The van der Waals surface area contributed by atoms with Gasteiger partial charge in [-0.25, -0.2) is 4.79 Å². The average molecular weight is 285 g/mol. The first-order valence-corrected chi connectivity index (χ1v) is 6.47. The molecule has 0 spiro atoms. The molecule has 1 saturated heterocycles. The maximum absolute atomic E-state index is 11.7. The van der Waals surface area contributed by atoms with Gasteiger partial charge in [0.2, 0.25) is 0 Å². The molecule has 1 aliphatic heterocycles. The Morgan fingerprint density at radius 3 is 2.68 bits per heavy atom. The number of benzene rings is 1. The van der Waals surface area contributed by atoms with Crippen LogP contribution in [0.25, 0.3) is 0 Å². The summed E-state index contributed by atoms with van der Waals surface area (Å²) >= 11 is 6.12. The Hall–Kier alpha value is -1.10. The highest BCUT2D eigenvalue weighted by Gasteiger charge is 2.45. The van der Waals surface area contributed by atoms with Gasteiger partial charge in [-0.15, -0.1) is 0 Å². The van der Waals surface area contributed by atoms with Crippen molar-refractivity contribution in [1.82, 2.24) is 0 Å². The topological polar surface area (TPSA) is 44.8 Å². The fourth-order valence-electron chi connectivity index (χ4n) is 2.18. The van der Waals surface area contributed by atoms with Crippen molar-refractivity contribution in [2.24, 2.45) is 0 Å². The molecule has 104 valence electrons. The predicted octanol–water partition coefficient (Wildman–Crippen LogP) is 2.58. The molecule has 0 saturated carbocycles. The molecule has 0 aliphatic carbocycles. The molecule has 2 atom stereocenters. The molecule has 5 heteroatoms. The standard InChI is InChI=1S/C14H17ClO4/c1-14(2)18-11(12(19-14)13(16)17-3)8-9-6-4-5-7-10(9)15/h4-7,11-12H,8H2,1-3H3/t11-,12+/m1/s1. The minimum absolute atomic E-state index is 0.401. The zero-order valence-corrected chi connectivity index (χ0v) is 11.9. The molecule has 1 fully saturated rings. The zero-order chi connectivity index (χ0) is 14.0. The van der Waals surface area contributed by atoms with E-state index >= 15 is 0 Å². The van der Waals surface area contributed by atoms with Crippen LogP contribution in [0.2, 0.25) is 5.02 Å². The van der Waals surface area contributed by atoms with Crippen molar-refractivity contribution in [2.75, 3.05) is 7.11 Å². The Bertz CT molecular complexity index is 472. The summed E-state index contributed by atoms with van der Waals surface area (Å²) in [5.74, 6) is -1.23. The van der Waals surface area contributed by atoms with Crippen LogP contribution in [0.5, 0.6) is 0 Å². The number of hydrogen-bond acceptors (Lipinski definition) is 4. The molecular weight excluding hydrogens is 268 g/mol. The van der Waals surface area contributed by atoms with Crippen LogP contribution < -0.4 is 0 Å². The third-order valence-corrected chi connectivity index (χ3v) is 3.36. The second-order valence-corrected chi connectivity index (χ2v) is 5.32. The summed E-state index contributed by atoms with van der Waals surface area (Å²) in [6.45, 7) is 3.55. The van der Waals surface area contributed by atoms with Crippen LogP contribution in [0.15, 0.2) is 24.3 Å². The van der Waals surface area contributed by atoms with Crippen LogP contribution in [0, 0.1) is 0 Å². The highest BCUT2D eigenvalue weighted by molar-refractivity contribution is 6.31. The highest BCUT2D eigenvalue weighted by atomic mass is 35.5. The minimum atomic E-state index is -0.801. The van der Waals surface area contributed by atoms with Crippen LogP contribution in [-0.2, 0) is 25.4 Å².